The van der Waals surface area contributed by atoms with E-state index in [0.29, 0.717) is 29.6 Å². The van der Waals surface area contributed by atoms with Gasteiger partial charge < -0.3 is 18.5 Å². The maximum absolute atomic E-state index is 13.7. The van der Waals surface area contributed by atoms with Gasteiger partial charge in [0.1, 0.15) is 24.2 Å². The summed E-state index contributed by atoms with van der Waals surface area (Å²) >= 11 is 0. The van der Waals surface area contributed by atoms with Crippen molar-refractivity contribution in [2.45, 2.75) is 85.9 Å². The van der Waals surface area contributed by atoms with Crippen molar-refractivity contribution in [2.75, 3.05) is 13.2 Å². The van der Waals surface area contributed by atoms with Crippen molar-refractivity contribution in [3.05, 3.63) is 47.4 Å². The number of likely N-dealkylation sites (tertiary alicyclic amines) is 1. The Hall–Kier alpha value is -3.20. The monoisotopic (exact) mass is 512 g/mol. The molecule has 0 spiro atoms. The molecule has 1 amide bonds. The summed E-state index contributed by atoms with van der Waals surface area (Å²) in [6, 6.07) is -0.669. The first-order valence-electron chi connectivity index (χ1n) is 12.8. The molecule has 1 aliphatic rings. The molecular formula is C28H40N4O5. The molecule has 2 aromatic rings. The van der Waals surface area contributed by atoms with Gasteiger partial charge in [-0.15, -0.1) is 6.58 Å². The molecule has 0 aromatic carbocycles. The zero-order chi connectivity index (χ0) is 27.5. The van der Waals surface area contributed by atoms with E-state index < -0.39 is 5.97 Å². The second-order valence-corrected chi connectivity index (χ2v) is 10.7. The van der Waals surface area contributed by atoms with Crippen LogP contribution in [0.4, 0.5) is 0 Å². The summed E-state index contributed by atoms with van der Waals surface area (Å²) in [5.41, 5.74) is 1.18. The van der Waals surface area contributed by atoms with E-state index in [0.717, 1.165) is 18.4 Å². The lowest BCUT2D eigenvalue weighted by molar-refractivity contribution is -0.136. The molecule has 3 heterocycles. The highest BCUT2D eigenvalue weighted by Gasteiger charge is 2.39. The number of hydrogen-bond donors (Lipinski definition) is 1. The van der Waals surface area contributed by atoms with E-state index in [-0.39, 0.29) is 47.6 Å². The molecule has 0 aliphatic carbocycles. The van der Waals surface area contributed by atoms with E-state index in [2.05, 4.69) is 21.9 Å². The van der Waals surface area contributed by atoms with Crippen LogP contribution < -0.4 is 5.32 Å². The predicted octanol–water partition coefficient (Wildman–Crippen LogP) is 5.31. The zero-order valence-corrected chi connectivity index (χ0v) is 23.3. The second kappa shape index (κ2) is 11.5. The van der Waals surface area contributed by atoms with Crippen LogP contribution in [0.1, 0.15) is 88.3 Å². The zero-order valence-electron chi connectivity index (χ0n) is 23.3. The number of carbonyl (C=O) groups is 2. The number of amides is 1. The fourth-order valence-electron chi connectivity index (χ4n) is 4.24. The smallest absolute Gasteiger partial charge is 0.360 e. The van der Waals surface area contributed by atoms with E-state index in [9.17, 15) is 9.59 Å². The topological polar surface area (TPSA) is 111 Å². The van der Waals surface area contributed by atoms with Gasteiger partial charge in [-0.05, 0) is 66.4 Å². The van der Waals surface area contributed by atoms with Gasteiger partial charge in [0.2, 0.25) is 17.7 Å². The van der Waals surface area contributed by atoms with Gasteiger partial charge in [-0.1, -0.05) is 25.5 Å². The molecule has 2 aromatic heterocycles. The minimum atomic E-state index is -0.561. The third-order valence-electron chi connectivity index (χ3n) is 6.50. The number of nitrogens with zero attached hydrogens (tertiary/aromatic N) is 3. The van der Waals surface area contributed by atoms with E-state index in [1.807, 2.05) is 58.6 Å². The van der Waals surface area contributed by atoms with Gasteiger partial charge in [0.15, 0.2) is 11.4 Å². The fraction of sp³-hybridized carbons (Fsp3) is 0.571. The molecule has 37 heavy (non-hydrogen) atoms. The highest BCUT2D eigenvalue weighted by atomic mass is 16.5. The van der Waals surface area contributed by atoms with Crippen LogP contribution >= 0.6 is 0 Å². The number of aryl methyl sites for hydroxylation is 2. The summed E-state index contributed by atoms with van der Waals surface area (Å²) in [5, 5.41) is 3.44. The summed E-state index contributed by atoms with van der Waals surface area (Å²) < 4.78 is 17.1. The summed E-state index contributed by atoms with van der Waals surface area (Å²) in [5.74, 6) is 1.00. The van der Waals surface area contributed by atoms with Gasteiger partial charge in [-0.3, -0.25) is 10.1 Å². The number of esters is 1. The first-order valence-corrected chi connectivity index (χ1v) is 12.8. The number of rotatable bonds is 10. The number of oxazole rings is 2. The highest BCUT2D eigenvalue weighted by molar-refractivity contribution is 5.89. The predicted molar refractivity (Wildman–Crippen MR) is 141 cm³/mol. The van der Waals surface area contributed by atoms with Crippen LogP contribution in [-0.4, -0.2) is 51.5 Å². The molecule has 3 rings (SSSR count). The van der Waals surface area contributed by atoms with Crippen LogP contribution in [0.2, 0.25) is 0 Å². The molecule has 0 saturated carbocycles. The minimum absolute atomic E-state index is 0.0122. The van der Waals surface area contributed by atoms with Crippen molar-refractivity contribution in [1.82, 2.24) is 20.2 Å². The van der Waals surface area contributed by atoms with Gasteiger partial charge in [0.05, 0.1) is 6.04 Å². The van der Waals surface area contributed by atoms with Gasteiger partial charge in [0, 0.05) is 12.1 Å². The Kier molecular flexibility index (Phi) is 8.79. The first kappa shape index (κ1) is 28.4. The quantitative estimate of drug-likeness (QED) is 0.337. The van der Waals surface area contributed by atoms with Crippen LogP contribution in [0.25, 0.3) is 11.6 Å². The SMILES string of the molecule is C=CC(C)(C)N[C@@H](C(=O)N1CCCC1c1nc(-c2nc(C(=O)OCC=C(C)C)c(C)o2)c(C)o1)C(C)C. The summed E-state index contributed by atoms with van der Waals surface area (Å²) in [6.45, 7) is 20.0. The third kappa shape index (κ3) is 6.57. The Morgan fingerprint density at radius 3 is 2.54 bits per heavy atom. The summed E-state index contributed by atoms with van der Waals surface area (Å²) in [7, 11) is 0. The highest BCUT2D eigenvalue weighted by Crippen LogP contribution is 2.36. The fourth-order valence-corrected chi connectivity index (χ4v) is 4.24. The van der Waals surface area contributed by atoms with Gasteiger partial charge in [-0.2, -0.15) is 0 Å². The lowest BCUT2D eigenvalue weighted by Crippen LogP contribution is -2.55. The molecule has 9 heteroatoms. The number of aromatic nitrogens is 2. The lowest BCUT2D eigenvalue weighted by atomic mass is 9.97. The Morgan fingerprint density at radius 1 is 1.22 bits per heavy atom. The molecule has 9 nitrogen and oxygen atoms in total. The lowest BCUT2D eigenvalue weighted by Gasteiger charge is -2.34. The molecule has 202 valence electrons. The number of carbonyl (C=O) groups excluding carboxylic acids is 2. The maximum atomic E-state index is 13.7. The van der Waals surface area contributed by atoms with Gasteiger partial charge >= 0.3 is 5.97 Å². The average molecular weight is 513 g/mol. The Morgan fingerprint density at radius 2 is 1.92 bits per heavy atom. The van der Waals surface area contributed by atoms with E-state index in [1.165, 1.54) is 0 Å². The second-order valence-electron chi connectivity index (χ2n) is 10.7. The molecule has 0 radical (unpaired) electrons. The van der Waals surface area contributed by atoms with Crippen molar-refractivity contribution in [2.24, 2.45) is 5.92 Å². The molecule has 1 saturated heterocycles. The van der Waals surface area contributed by atoms with Crippen LogP contribution in [0, 0.1) is 19.8 Å². The Balaban J connectivity index is 1.83. The van der Waals surface area contributed by atoms with Crippen LogP contribution in [0.5, 0.6) is 0 Å². The van der Waals surface area contributed by atoms with Crippen molar-refractivity contribution in [1.29, 1.82) is 0 Å². The molecule has 1 N–H and O–H groups in total. The van der Waals surface area contributed by atoms with Crippen molar-refractivity contribution < 1.29 is 23.2 Å². The van der Waals surface area contributed by atoms with E-state index >= 15 is 0 Å². The van der Waals surface area contributed by atoms with E-state index in [4.69, 9.17) is 13.6 Å². The largest absolute Gasteiger partial charge is 0.457 e. The van der Waals surface area contributed by atoms with Gasteiger partial charge in [0.25, 0.3) is 0 Å². The van der Waals surface area contributed by atoms with Crippen LogP contribution in [0.3, 0.4) is 0 Å². The standard InChI is InChI=1S/C28H40N4O5/c1-10-28(8,9)31-21(17(4)5)26(33)32-14-11-12-20(32)24-29-22(18(6)36-24)25-30-23(19(7)37-25)27(34)35-15-13-16(2)3/h10,13,17,20-21,31H,1,11-12,14-15H2,2-9H3/t20?,21-/m1/s1. The van der Waals surface area contributed by atoms with E-state index in [1.54, 1.807) is 13.8 Å². The van der Waals surface area contributed by atoms with Gasteiger partial charge in [-0.25, -0.2) is 14.8 Å². The Labute approximate surface area is 219 Å². The minimum Gasteiger partial charge on any atom is -0.457 e. The molecule has 1 unspecified atom stereocenters. The number of ether oxygens (including phenoxy) is 1. The molecule has 1 aliphatic heterocycles. The van der Waals surface area contributed by atoms with Crippen LogP contribution in [0.15, 0.2) is 33.1 Å². The third-order valence-corrected chi connectivity index (χ3v) is 6.50. The van der Waals surface area contributed by atoms with Crippen molar-refractivity contribution in [3.63, 3.8) is 0 Å². The molecule has 2 atom stereocenters. The first-order chi connectivity index (χ1) is 17.3. The molecule has 0 bridgehead atoms. The number of nitrogens with one attached hydrogen (secondary N) is 1. The summed E-state index contributed by atoms with van der Waals surface area (Å²) in [4.78, 5) is 37.0. The molecule has 1 fully saturated rings. The molecular weight excluding hydrogens is 472 g/mol. The number of hydrogen-bond acceptors (Lipinski definition) is 8. The Bertz CT molecular complexity index is 1170. The summed E-state index contributed by atoms with van der Waals surface area (Å²) in [6.07, 6.45) is 5.22. The average Bonchev–Trinajstić information content (AvgIpc) is 3.54. The van der Waals surface area contributed by atoms with Crippen molar-refractivity contribution >= 4 is 11.9 Å². The normalized spacial score (nSPS) is 16.7. The van der Waals surface area contributed by atoms with Crippen LogP contribution in [-0.2, 0) is 9.53 Å². The van der Waals surface area contributed by atoms with Crippen molar-refractivity contribution in [3.8, 4) is 11.6 Å². The maximum Gasteiger partial charge on any atom is 0.360 e. The number of allylic oxidation sites excluding steroid dienone is 1.